The molecule has 4 aromatic rings. The van der Waals surface area contributed by atoms with Crippen LogP contribution in [0.5, 0.6) is 0 Å². The number of carbonyl (C=O) groups is 8. The van der Waals surface area contributed by atoms with E-state index in [2.05, 4.69) is 16.0 Å². The van der Waals surface area contributed by atoms with Gasteiger partial charge in [0.1, 0.15) is 17.9 Å². The molecule has 8 rings (SSSR count). The molecule has 2 saturated carbocycles. The van der Waals surface area contributed by atoms with Crippen molar-refractivity contribution >= 4 is 47.0 Å². The Hall–Kier alpha value is -7.00. The fourth-order valence-electron chi connectivity index (χ4n) is 13.9. The molecule has 0 bridgehead atoms. The fourth-order valence-corrected chi connectivity index (χ4v) is 13.9. The Labute approximate surface area is 523 Å². The van der Waals surface area contributed by atoms with E-state index in [1.807, 2.05) is 127 Å². The lowest BCUT2D eigenvalue weighted by molar-refractivity contribution is -0.143. The Balaban J connectivity index is 0.887. The summed E-state index contributed by atoms with van der Waals surface area (Å²) in [7, 11) is 1.77. The van der Waals surface area contributed by atoms with Crippen LogP contribution in [0.2, 0.25) is 0 Å². The lowest BCUT2D eigenvalue weighted by Gasteiger charge is -2.37. The Bertz CT molecular complexity index is 2750. The summed E-state index contributed by atoms with van der Waals surface area (Å²) in [6.45, 7) is 11.9. The van der Waals surface area contributed by atoms with Crippen LogP contribution >= 0.6 is 0 Å². The molecule has 0 radical (unpaired) electrons. The molecule has 0 unspecified atom stereocenters. The van der Waals surface area contributed by atoms with E-state index < -0.39 is 23.9 Å². The number of rotatable bonds is 29. The molecule has 2 heterocycles. The first-order chi connectivity index (χ1) is 42.5. The van der Waals surface area contributed by atoms with Gasteiger partial charge >= 0.3 is 0 Å². The maximum Gasteiger partial charge on any atom is 0.251 e. The van der Waals surface area contributed by atoms with Crippen LogP contribution in [0, 0.1) is 29.6 Å². The summed E-state index contributed by atoms with van der Waals surface area (Å²) in [5.74, 6) is -1.95. The van der Waals surface area contributed by atoms with Gasteiger partial charge in [-0.2, -0.15) is 0 Å². The van der Waals surface area contributed by atoms with Gasteiger partial charge < -0.3 is 35.6 Å². The highest BCUT2D eigenvalue weighted by Crippen LogP contribution is 2.36. The quantitative estimate of drug-likeness (QED) is 0.0445. The molecule has 6 amide bonds. The van der Waals surface area contributed by atoms with Crippen molar-refractivity contribution in [2.45, 2.75) is 187 Å². The van der Waals surface area contributed by atoms with Crippen LogP contribution in [-0.4, -0.2) is 143 Å². The van der Waals surface area contributed by atoms with Gasteiger partial charge in [0.25, 0.3) is 5.91 Å². The minimum absolute atomic E-state index is 0.00775. The number of nitrogens with one attached hydrogen (secondary N) is 3. The predicted octanol–water partition coefficient (Wildman–Crippen LogP) is 10.7. The summed E-state index contributed by atoms with van der Waals surface area (Å²) in [5.41, 5.74) is 4.70. The summed E-state index contributed by atoms with van der Waals surface area (Å²) in [4.78, 5) is 120. The van der Waals surface area contributed by atoms with Gasteiger partial charge in [-0.3, -0.25) is 38.4 Å². The number of nitrogens with zero attached hydrogens (tertiary/aromatic N) is 4. The molecule has 15 nitrogen and oxygen atoms in total. The summed E-state index contributed by atoms with van der Waals surface area (Å²) in [6.07, 6.45) is 15.4. The van der Waals surface area contributed by atoms with Crippen LogP contribution in [0.1, 0.15) is 176 Å². The molecule has 15 heteroatoms. The number of hydrogen-bond donors (Lipinski definition) is 3. The first kappa shape index (κ1) is 66.9. The third-order valence-electron chi connectivity index (χ3n) is 19.8. The second-order valence-electron chi connectivity index (χ2n) is 26.0. The highest BCUT2D eigenvalue weighted by Gasteiger charge is 2.42. The molecular formula is C73H99N7O8. The minimum Gasteiger partial charge on any atom is -0.344 e. The second kappa shape index (κ2) is 33.0. The number of Topliss-reactive ketones (excluding diaryl/α,β-unsaturated/α-hetero) is 2. The summed E-state index contributed by atoms with van der Waals surface area (Å²) < 4.78 is 0. The van der Waals surface area contributed by atoms with E-state index in [0.717, 1.165) is 112 Å². The molecule has 2 aliphatic carbocycles. The molecule has 8 atom stereocenters. The van der Waals surface area contributed by atoms with Gasteiger partial charge in [-0.05, 0) is 138 Å². The summed E-state index contributed by atoms with van der Waals surface area (Å²) >= 11 is 0. The monoisotopic (exact) mass is 1200 g/mol. The zero-order valence-electron chi connectivity index (χ0n) is 53.4. The molecule has 88 heavy (non-hydrogen) atoms. The number of likely N-dealkylation sites (N-methyl/N-ethyl adjacent to an activating group) is 1. The molecule has 474 valence electrons. The van der Waals surface area contributed by atoms with E-state index in [-0.39, 0.29) is 95.7 Å². The number of ketones is 2. The smallest absolute Gasteiger partial charge is 0.251 e. The average Bonchev–Trinajstić information content (AvgIpc) is 4.06. The highest BCUT2D eigenvalue weighted by atomic mass is 16.2. The SMILES string of the molecule is CC[C@@H](C)C(=O)N[C@H](C(=O)N1CCC[C@H]1CN(CCc1ccccc1)C(=O)[C@H](C)CC(=O)c1ccc(-c2ccc(C(=O)N[C@@H](C)C(=O)N(CCc3ccccc3)C[C@@H]3CCCN3C(=O)[C@@H](CC(=O)[C@H](C)NC)C3CCCCC3)cc2)cc1)C1CCCCC1. The number of likely N-dealkylation sites (tertiary alicyclic amines) is 2. The number of carbonyl (C=O) groups excluding carboxylic acids is 8. The normalized spacial score (nSPS) is 19.4. The first-order valence-electron chi connectivity index (χ1n) is 33.3. The number of amides is 6. The minimum atomic E-state index is -0.863. The summed E-state index contributed by atoms with van der Waals surface area (Å²) in [5, 5.41) is 9.21. The number of benzene rings is 4. The standard InChI is InChI=1S/C73H99N7O8/c1-7-50(2)68(83)76-67(60-28-18-11-19-29-60)73(88)80-43-21-31-63(80)48-77(44-40-54-22-12-8-13-23-54)70(85)51(3)46-66(82)59-36-32-56(33-37-59)57-34-38-61(39-35-57)69(84)75-53(5)71(86)78(45-41-55-24-14-9-15-25-55)49-62-30-20-42-79(62)72(87)64(47-65(81)52(4)74-6)58-26-16-10-17-27-58/h8-9,12-15,22-25,32-39,50-53,58,60,62-64,67,74H,7,10-11,16-21,26-31,40-49H2,1-6H3,(H,75,84)(H,76,83)/t50-,51-,52+,53+,62+,63+,64+,67+/m1/s1. The van der Waals surface area contributed by atoms with Crippen molar-refractivity contribution in [1.29, 1.82) is 0 Å². The molecule has 2 aliphatic heterocycles. The van der Waals surface area contributed by atoms with Gasteiger partial charge in [-0.15, -0.1) is 0 Å². The lowest BCUT2D eigenvalue weighted by Crippen LogP contribution is -2.56. The average molecular weight is 1200 g/mol. The molecular weight excluding hydrogens is 1100 g/mol. The van der Waals surface area contributed by atoms with E-state index in [4.69, 9.17) is 0 Å². The molecule has 0 aromatic heterocycles. The van der Waals surface area contributed by atoms with Crippen molar-refractivity contribution < 1.29 is 38.4 Å². The van der Waals surface area contributed by atoms with Gasteiger partial charge in [-0.1, -0.05) is 156 Å². The fraction of sp³-hybridized carbons (Fsp3) is 0.562. The molecule has 4 fully saturated rings. The van der Waals surface area contributed by atoms with Gasteiger partial charge in [0.2, 0.25) is 29.5 Å². The lowest BCUT2D eigenvalue weighted by atomic mass is 9.76. The number of hydrogen-bond acceptors (Lipinski definition) is 9. The van der Waals surface area contributed by atoms with Crippen molar-refractivity contribution in [2.24, 2.45) is 29.6 Å². The van der Waals surface area contributed by atoms with Crippen molar-refractivity contribution in [2.75, 3.05) is 46.3 Å². The summed E-state index contributed by atoms with van der Waals surface area (Å²) in [6, 6.07) is 32.2. The van der Waals surface area contributed by atoms with Crippen LogP contribution < -0.4 is 16.0 Å². The highest BCUT2D eigenvalue weighted by molar-refractivity contribution is 6.00. The van der Waals surface area contributed by atoms with E-state index >= 15 is 0 Å². The van der Waals surface area contributed by atoms with Crippen LogP contribution in [0.4, 0.5) is 0 Å². The van der Waals surface area contributed by atoms with Crippen LogP contribution in [0.15, 0.2) is 109 Å². The Morgan fingerprint density at radius 3 is 1.51 bits per heavy atom. The van der Waals surface area contributed by atoms with Gasteiger partial charge in [0.15, 0.2) is 5.78 Å². The zero-order chi connectivity index (χ0) is 62.7. The van der Waals surface area contributed by atoms with Crippen molar-refractivity contribution in [3.05, 3.63) is 131 Å². The Morgan fingerprint density at radius 1 is 0.511 bits per heavy atom. The Kier molecular flexibility index (Phi) is 25.1. The van der Waals surface area contributed by atoms with Gasteiger partial charge in [0, 0.05) is 93.1 Å². The molecule has 2 saturated heterocycles. The zero-order valence-corrected chi connectivity index (χ0v) is 53.4. The van der Waals surface area contributed by atoms with E-state index in [1.165, 1.54) is 0 Å². The maximum atomic E-state index is 14.6. The van der Waals surface area contributed by atoms with E-state index in [0.29, 0.717) is 69.7 Å². The maximum absolute atomic E-state index is 14.6. The largest absolute Gasteiger partial charge is 0.344 e. The van der Waals surface area contributed by atoms with Crippen LogP contribution in [0.25, 0.3) is 11.1 Å². The third kappa shape index (κ3) is 18.1. The molecule has 4 aromatic carbocycles. The molecule has 4 aliphatic rings. The van der Waals surface area contributed by atoms with Crippen molar-refractivity contribution in [3.8, 4) is 11.1 Å². The van der Waals surface area contributed by atoms with Crippen LogP contribution in [0.3, 0.4) is 0 Å². The molecule has 3 N–H and O–H groups in total. The van der Waals surface area contributed by atoms with Gasteiger partial charge in [-0.25, -0.2) is 0 Å². The van der Waals surface area contributed by atoms with E-state index in [9.17, 15) is 38.4 Å². The van der Waals surface area contributed by atoms with E-state index in [1.54, 1.807) is 43.1 Å². The molecule has 0 spiro atoms. The second-order valence-corrected chi connectivity index (χ2v) is 26.0. The van der Waals surface area contributed by atoms with Crippen molar-refractivity contribution in [1.82, 2.24) is 35.6 Å². The van der Waals surface area contributed by atoms with Gasteiger partial charge in [0.05, 0.1) is 6.04 Å². The third-order valence-corrected chi connectivity index (χ3v) is 19.8. The predicted molar refractivity (Wildman–Crippen MR) is 346 cm³/mol. The topological polar surface area (TPSA) is 186 Å². The van der Waals surface area contributed by atoms with Crippen LogP contribution in [-0.2, 0) is 41.6 Å². The first-order valence-corrected chi connectivity index (χ1v) is 33.3. The van der Waals surface area contributed by atoms with Crippen molar-refractivity contribution in [3.63, 3.8) is 0 Å². The Morgan fingerprint density at radius 2 is 1.00 bits per heavy atom.